The minimum atomic E-state index is 0.190. The van der Waals surface area contributed by atoms with E-state index < -0.39 is 0 Å². The van der Waals surface area contributed by atoms with Crippen LogP contribution in [0.4, 0.5) is 0 Å². The summed E-state index contributed by atoms with van der Waals surface area (Å²) in [4.78, 5) is 4.62. The highest BCUT2D eigenvalue weighted by Crippen LogP contribution is 2.22. The summed E-state index contributed by atoms with van der Waals surface area (Å²) in [6.45, 7) is 7.32. The second-order valence-electron chi connectivity index (χ2n) is 4.85. The van der Waals surface area contributed by atoms with E-state index in [-0.39, 0.29) is 5.54 Å². The van der Waals surface area contributed by atoms with Crippen LogP contribution in [0.1, 0.15) is 25.0 Å². The number of hydrogen-bond acceptors (Lipinski definition) is 2. The number of nitrogens with one attached hydrogen (secondary N) is 1. The molecule has 0 amide bonds. The lowest BCUT2D eigenvalue weighted by atomic mass is 10.1. The summed E-state index contributed by atoms with van der Waals surface area (Å²) in [7, 11) is 0. The smallest absolute Gasteiger partial charge is 0.157 e. The average Bonchev–Trinajstić information content (AvgIpc) is 2.57. The van der Waals surface area contributed by atoms with E-state index in [9.17, 15) is 0 Å². The van der Waals surface area contributed by atoms with E-state index in [0.717, 1.165) is 17.5 Å². The summed E-state index contributed by atoms with van der Waals surface area (Å²) in [6, 6.07) is 8.41. The number of amidine groups is 1. The zero-order chi connectivity index (χ0) is 11.6. The molecule has 0 radical (unpaired) electrons. The van der Waals surface area contributed by atoms with Gasteiger partial charge in [-0.15, -0.1) is 0 Å². The molecule has 16 heavy (non-hydrogen) atoms. The highest BCUT2D eigenvalue weighted by atomic mass is 32.2. The van der Waals surface area contributed by atoms with Crippen molar-refractivity contribution in [3.8, 4) is 0 Å². The molecule has 0 unspecified atom stereocenters. The lowest BCUT2D eigenvalue weighted by Crippen LogP contribution is -2.36. The van der Waals surface area contributed by atoms with E-state index in [1.54, 1.807) is 0 Å². The summed E-state index contributed by atoms with van der Waals surface area (Å²) in [5, 5.41) is 4.51. The second-order valence-corrected chi connectivity index (χ2v) is 5.81. The SMILES string of the molecule is Cc1ccccc1CN=C1NC(C)(C)CS1. The Hall–Kier alpha value is -0.960. The van der Waals surface area contributed by atoms with Gasteiger partial charge in [0, 0.05) is 11.3 Å². The first kappa shape index (κ1) is 11.5. The summed E-state index contributed by atoms with van der Waals surface area (Å²) in [6.07, 6.45) is 0. The van der Waals surface area contributed by atoms with Gasteiger partial charge in [0.2, 0.25) is 0 Å². The Balaban J connectivity index is 2.03. The normalized spacial score (nSPS) is 21.1. The topological polar surface area (TPSA) is 24.4 Å². The lowest BCUT2D eigenvalue weighted by Gasteiger charge is -2.15. The maximum Gasteiger partial charge on any atom is 0.157 e. The second kappa shape index (κ2) is 4.50. The number of rotatable bonds is 2. The highest BCUT2D eigenvalue weighted by molar-refractivity contribution is 8.14. The molecule has 1 aromatic carbocycles. The van der Waals surface area contributed by atoms with Crippen molar-refractivity contribution < 1.29 is 0 Å². The van der Waals surface area contributed by atoms with Gasteiger partial charge in [0.1, 0.15) is 0 Å². The Bertz CT molecular complexity index is 410. The van der Waals surface area contributed by atoms with Crippen molar-refractivity contribution in [2.24, 2.45) is 4.99 Å². The molecule has 1 saturated heterocycles. The van der Waals surface area contributed by atoms with Gasteiger partial charge >= 0.3 is 0 Å². The molecule has 1 aliphatic heterocycles. The van der Waals surface area contributed by atoms with Crippen molar-refractivity contribution in [3.05, 3.63) is 35.4 Å². The van der Waals surface area contributed by atoms with Crippen LogP contribution in [0.2, 0.25) is 0 Å². The molecule has 0 bridgehead atoms. The molecule has 0 aromatic heterocycles. The van der Waals surface area contributed by atoms with Crippen molar-refractivity contribution in [2.75, 3.05) is 5.75 Å². The van der Waals surface area contributed by atoms with E-state index >= 15 is 0 Å². The van der Waals surface area contributed by atoms with Crippen LogP contribution >= 0.6 is 11.8 Å². The number of hydrogen-bond donors (Lipinski definition) is 1. The predicted octanol–water partition coefficient (Wildman–Crippen LogP) is 2.97. The lowest BCUT2D eigenvalue weighted by molar-refractivity contribution is 0.536. The maximum absolute atomic E-state index is 4.62. The van der Waals surface area contributed by atoms with Crippen LogP contribution in [-0.2, 0) is 6.54 Å². The Morgan fingerprint density at radius 1 is 1.38 bits per heavy atom. The minimum absolute atomic E-state index is 0.190. The molecule has 1 heterocycles. The number of aliphatic imine (C=N–C) groups is 1. The van der Waals surface area contributed by atoms with Crippen LogP contribution in [0.3, 0.4) is 0 Å². The fourth-order valence-electron chi connectivity index (χ4n) is 1.64. The van der Waals surface area contributed by atoms with Crippen LogP contribution in [0, 0.1) is 6.92 Å². The highest BCUT2D eigenvalue weighted by Gasteiger charge is 2.26. The van der Waals surface area contributed by atoms with Gasteiger partial charge in [-0.2, -0.15) is 0 Å². The van der Waals surface area contributed by atoms with E-state index in [1.165, 1.54) is 11.1 Å². The quantitative estimate of drug-likeness (QED) is 0.850. The predicted molar refractivity (Wildman–Crippen MR) is 72.0 cm³/mol. The van der Waals surface area contributed by atoms with Gasteiger partial charge < -0.3 is 5.32 Å². The van der Waals surface area contributed by atoms with Crippen LogP contribution in [-0.4, -0.2) is 16.5 Å². The Morgan fingerprint density at radius 3 is 2.75 bits per heavy atom. The van der Waals surface area contributed by atoms with Crippen molar-refractivity contribution in [1.82, 2.24) is 5.32 Å². The number of benzene rings is 1. The average molecular weight is 234 g/mol. The molecular weight excluding hydrogens is 216 g/mol. The zero-order valence-electron chi connectivity index (χ0n) is 10.1. The monoisotopic (exact) mass is 234 g/mol. The molecule has 1 aromatic rings. The molecule has 0 aliphatic carbocycles. The van der Waals surface area contributed by atoms with Crippen molar-refractivity contribution >= 4 is 16.9 Å². The summed E-state index contributed by atoms with van der Waals surface area (Å²) >= 11 is 1.81. The van der Waals surface area contributed by atoms with Crippen molar-refractivity contribution in [3.63, 3.8) is 0 Å². The van der Waals surface area contributed by atoms with Crippen molar-refractivity contribution in [2.45, 2.75) is 32.9 Å². The van der Waals surface area contributed by atoms with Crippen LogP contribution in [0.5, 0.6) is 0 Å². The molecule has 0 spiro atoms. The molecular formula is C13H18N2S. The fourth-order valence-corrected chi connectivity index (χ4v) is 2.71. The van der Waals surface area contributed by atoms with Gasteiger partial charge in [-0.1, -0.05) is 36.0 Å². The Morgan fingerprint density at radius 2 is 2.12 bits per heavy atom. The molecule has 0 atom stereocenters. The van der Waals surface area contributed by atoms with Gasteiger partial charge in [0.25, 0.3) is 0 Å². The largest absolute Gasteiger partial charge is 0.359 e. The van der Waals surface area contributed by atoms with Gasteiger partial charge in [-0.3, -0.25) is 4.99 Å². The zero-order valence-corrected chi connectivity index (χ0v) is 10.9. The molecule has 1 N–H and O–H groups in total. The molecule has 0 saturated carbocycles. The minimum Gasteiger partial charge on any atom is -0.359 e. The maximum atomic E-state index is 4.62. The Kier molecular flexibility index (Phi) is 3.24. The van der Waals surface area contributed by atoms with Crippen molar-refractivity contribution in [1.29, 1.82) is 0 Å². The molecule has 1 aliphatic rings. The third-order valence-corrected chi connectivity index (χ3v) is 4.04. The standard InChI is InChI=1S/C13H18N2S/c1-10-6-4-5-7-11(10)8-14-12-15-13(2,3)9-16-12/h4-7H,8-9H2,1-3H3,(H,14,15). The molecule has 86 valence electrons. The molecule has 1 fully saturated rings. The fraction of sp³-hybridized carbons (Fsp3) is 0.462. The van der Waals surface area contributed by atoms with E-state index in [1.807, 2.05) is 11.8 Å². The number of aryl methyl sites for hydroxylation is 1. The Labute approximate surface area is 102 Å². The van der Waals surface area contributed by atoms with Crippen LogP contribution in [0.15, 0.2) is 29.3 Å². The summed E-state index contributed by atoms with van der Waals surface area (Å²) < 4.78 is 0. The van der Waals surface area contributed by atoms with Gasteiger partial charge in [-0.25, -0.2) is 0 Å². The molecule has 2 rings (SSSR count). The van der Waals surface area contributed by atoms with Crippen LogP contribution in [0.25, 0.3) is 0 Å². The van der Waals surface area contributed by atoms with Gasteiger partial charge in [0.15, 0.2) is 5.17 Å². The molecule has 2 nitrogen and oxygen atoms in total. The first-order valence-corrected chi connectivity index (χ1v) is 6.55. The van der Waals surface area contributed by atoms with E-state index in [4.69, 9.17) is 0 Å². The van der Waals surface area contributed by atoms with Crippen LogP contribution < -0.4 is 5.32 Å². The number of thioether (sulfide) groups is 1. The third-order valence-electron chi connectivity index (χ3n) is 2.67. The van der Waals surface area contributed by atoms with Gasteiger partial charge in [-0.05, 0) is 31.9 Å². The summed E-state index contributed by atoms with van der Waals surface area (Å²) in [5.74, 6) is 1.10. The molecule has 3 heteroatoms. The van der Waals surface area contributed by atoms with Gasteiger partial charge in [0.05, 0.1) is 6.54 Å². The third kappa shape index (κ3) is 2.79. The van der Waals surface area contributed by atoms with E-state index in [0.29, 0.717) is 0 Å². The van der Waals surface area contributed by atoms with E-state index in [2.05, 4.69) is 55.3 Å². The first-order valence-electron chi connectivity index (χ1n) is 5.57. The number of nitrogens with zero attached hydrogens (tertiary/aromatic N) is 1. The summed E-state index contributed by atoms with van der Waals surface area (Å²) in [5.41, 5.74) is 2.81. The first-order chi connectivity index (χ1) is 7.57.